The standard InChI is InChI=1S/C13H14O3/c1-15-12-7-6-10-4-2-3-5-11(10)13(12)16-9-8-14/h2-7,14H,8-9H2,1H3. The minimum atomic E-state index is -0.00756. The molecule has 3 heteroatoms. The predicted octanol–water partition coefficient (Wildman–Crippen LogP) is 2.22. The molecule has 84 valence electrons. The van der Waals surface area contributed by atoms with Crippen molar-refractivity contribution in [2.75, 3.05) is 20.3 Å². The molecule has 0 fully saturated rings. The highest BCUT2D eigenvalue weighted by Gasteiger charge is 2.08. The summed E-state index contributed by atoms with van der Waals surface area (Å²) >= 11 is 0. The Bertz CT molecular complexity index is 480. The number of ether oxygens (including phenoxy) is 2. The summed E-state index contributed by atoms with van der Waals surface area (Å²) in [4.78, 5) is 0. The van der Waals surface area contributed by atoms with E-state index in [0.29, 0.717) is 11.5 Å². The zero-order valence-electron chi connectivity index (χ0n) is 9.14. The molecule has 0 spiro atoms. The molecule has 0 heterocycles. The lowest BCUT2D eigenvalue weighted by Crippen LogP contribution is -2.03. The lowest BCUT2D eigenvalue weighted by Gasteiger charge is -2.12. The molecule has 2 rings (SSSR count). The molecule has 2 aromatic carbocycles. The first-order valence-electron chi connectivity index (χ1n) is 5.16. The van der Waals surface area contributed by atoms with E-state index < -0.39 is 0 Å². The summed E-state index contributed by atoms with van der Waals surface area (Å²) in [6, 6.07) is 11.8. The molecule has 0 aromatic heterocycles. The maximum Gasteiger partial charge on any atom is 0.169 e. The third-order valence-electron chi connectivity index (χ3n) is 2.40. The highest BCUT2D eigenvalue weighted by atomic mass is 16.5. The Hall–Kier alpha value is -1.74. The van der Waals surface area contributed by atoms with Crippen molar-refractivity contribution in [1.29, 1.82) is 0 Å². The van der Waals surface area contributed by atoms with Crippen LogP contribution in [0.25, 0.3) is 10.8 Å². The zero-order valence-corrected chi connectivity index (χ0v) is 9.14. The monoisotopic (exact) mass is 218 g/mol. The summed E-state index contributed by atoms with van der Waals surface area (Å²) in [6.07, 6.45) is 0. The van der Waals surface area contributed by atoms with Crippen LogP contribution in [-0.4, -0.2) is 25.4 Å². The van der Waals surface area contributed by atoms with Gasteiger partial charge in [0.15, 0.2) is 11.5 Å². The topological polar surface area (TPSA) is 38.7 Å². The van der Waals surface area contributed by atoms with Crippen molar-refractivity contribution in [2.45, 2.75) is 0 Å². The molecular weight excluding hydrogens is 204 g/mol. The predicted molar refractivity (Wildman–Crippen MR) is 63.1 cm³/mol. The summed E-state index contributed by atoms with van der Waals surface area (Å²) in [5, 5.41) is 10.9. The molecule has 0 saturated heterocycles. The molecule has 2 aromatic rings. The van der Waals surface area contributed by atoms with E-state index in [1.54, 1.807) is 7.11 Å². The van der Waals surface area contributed by atoms with Crippen LogP contribution in [0.4, 0.5) is 0 Å². The Balaban J connectivity index is 2.54. The molecule has 16 heavy (non-hydrogen) atoms. The number of aliphatic hydroxyl groups is 1. The minimum Gasteiger partial charge on any atom is -0.493 e. The van der Waals surface area contributed by atoms with Gasteiger partial charge < -0.3 is 14.6 Å². The van der Waals surface area contributed by atoms with Crippen molar-refractivity contribution in [3.8, 4) is 11.5 Å². The molecule has 0 amide bonds. The van der Waals surface area contributed by atoms with Crippen LogP contribution in [0.15, 0.2) is 36.4 Å². The van der Waals surface area contributed by atoms with Gasteiger partial charge in [-0.05, 0) is 11.5 Å². The molecule has 0 saturated carbocycles. The van der Waals surface area contributed by atoms with Crippen LogP contribution in [0.2, 0.25) is 0 Å². The van der Waals surface area contributed by atoms with Crippen molar-refractivity contribution in [1.82, 2.24) is 0 Å². The summed E-state index contributed by atoms with van der Waals surface area (Å²) in [7, 11) is 1.61. The van der Waals surface area contributed by atoms with E-state index >= 15 is 0 Å². The van der Waals surface area contributed by atoms with E-state index in [0.717, 1.165) is 10.8 Å². The Morgan fingerprint density at radius 2 is 1.94 bits per heavy atom. The second-order valence-corrected chi connectivity index (χ2v) is 3.39. The Kier molecular flexibility index (Phi) is 3.27. The van der Waals surface area contributed by atoms with Gasteiger partial charge >= 0.3 is 0 Å². The van der Waals surface area contributed by atoms with Crippen LogP contribution in [0.1, 0.15) is 0 Å². The molecule has 0 unspecified atom stereocenters. The third kappa shape index (κ3) is 1.95. The minimum absolute atomic E-state index is 0.00756. The molecule has 0 bridgehead atoms. The second kappa shape index (κ2) is 4.86. The largest absolute Gasteiger partial charge is 0.493 e. The smallest absolute Gasteiger partial charge is 0.169 e. The molecular formula is C13H14O3. The molecule has 3 nitrogen and oxygen atoms in total. The maximum absolute atomic E-state index is 8.80. The lowest BCUT2D eigenvalue weighted by atomic mass is 10.1. The van der Waals surface area contributed by atoms with Gasteiger partial charge in [-0.15, -0.1) is 0 Å². The van der Waals surface area contributed by atoms with Crippen molar-refractivity contribution in [2.24, 2.45) is 0 Å². The van der Waals surface area contributed by atoms with Gasteiger partial charge in [0.2, 0.25) is 0 Å². The zero-order chi connectivity index (χ0) is 11.4. The highest BCUT2D eigenvalue weighted by Crippen LogP contribution is 2.35. The van der Waals surface area contributed by atoms with Gasteiger partial charge in [-0.25, -0.2) is 0 Å². The summed E-state index contributed by atoms with van der Waals surface area (Å²) in [5.41, 5.74) is 0. The Morgan fingerprint density at radius 1 is 1.12 bits per heavy atom. The van der Waals surface area contributed by atoms with Crippen LogP contribution in [-0.2, 0) is 0 Å². The van der Waals surface area contributed by atoms with Gasteiger partial charge in [-0.2, -0.15) is 0 Å². The number of hydrogen-bond acceptors (Lipinski definition) is 3. The first-order chi connectivity index (χ1) is 7.86. The van der Waals surface area contributed by atoms with Crippen LogP contribution in [0, 0.1) is 0 Å². The number of hydrogen-bond donors (Lipinski definition) is 1. The molecule has 0 radical (unpaired) electrons. The number of rotatable bonds is 4. The first-order valence-corrected chi connectivity index (χ1v) is 5.16. The number of aliphatic hydroxyl groups excluding tert-OH is 1. The number of methoxy groups -OCH3 is 1. The molecule has 0 aliphatic rings. The van der Waals surface area contributed by atoms with E-state index in [9.17, 15) is 0 Å². The van der Waals surface area contributed by atoms with Crippen molar-refractivity contribution in [3.05, 3.63) is 36.4 Å². The first kappa shape index (κ1) is 10.8. The van der Waals surface area contributed by atoms with Crippen molar-refractivity contribution >= 4 is 10.8 Å². The fourth-order valence-corrected chi connectivity index (χ4v) is 1.68. The molecule has 0 aliphatic heterocycles. The Morgan fingerprint density at radius 3 is 2.69 bits per heavy atom. The number of fused-ring (bicyclic) bond motifs is 1. The second-order valence-electron chi connectivity index (χ2n) is 3.39. The van der Waals surface area contributed by atoms with Gasteiger partial charge in [0, 0.05) is 5.39 Å². The van der Waals surface area contributed by atoms with Crippen LogP contribution in [0.5, 0.6) is 11.5 Å². The van der Waals surface area contributed by atoms with Gasteiger partial charge in [-0.3, -0.25) is 0 Å². The highest BCUT2D eigenvalue weighted by molar-refractivity contribution is 5.90. The van der Waals surface area contributed by atoms with E-state index in [4.69, 9.17) is 14.6 Å². The summed E-state index contributed by atoms with van der Waals surface area (Å²) in [6.45, 7) is 0.261. The van der Waals surface area contributed by atoms with Gasteiger partial charge in [0.1, 0.15) is 6.61 Å². The van der Waals surface area contributed by atoms with Crippen molar-refractivity contribution in [3.63, 3.8) is 0 Å². The normalized spacial score (nSPS) is 10.4. The third-order valence-corrected chi connectivity index (χ3v) is 2.40. The molecule has 0 aliphatic carbocycles. The van der Waals surface area contributed by atoms with E-state index in [-0.39, 0.29) is 13.2 Å². The molecule has 0 atom stereocenters. The van der Waals surface area contributed by atoms with Gasteiger partial charge in [0.05, 0.1) is 13.7 Å². The number of benzene rings is 2. The summed E-state index contributed by atoms with van der Waals surface area (Å²) < 4.78 is 10.8. The fourth-order valence-electron chi connectivity index (χ4n) is 1.68. The van der Waals surface area contributed by atoms with E-state index in [1.165, 1.54) is 0 Å². The average molecular weight is 218 g/mol. The van der Waals surface area contributed by atoms with Gasteiger partial charge in [-0.1, -0.05) is 30.3 Å². The SMILES string of the molecule is COc1ccc2ccccc2c1OCCO. The van der Waals surface area contributed by atoms with Crippen molar-refractivity contribution < 1.29 is 14.6 Å². The van der Waals surface area contributed by atoms with Crippen LogP contribution in [0.3, 0.4) is 0 Å². The average Bonchev–Trinajstić information content (AvgIpc) is 2.35. The quantitative estimate of drug-likeness (QED) is 0.855. The van der Waals surface area contributed by atoms with E-state index in [2.05, 4.69) is 0 Å². The Labute approximate surface area is 94.2 Å². The lowest BCUT2D eigenvalue weighted by molar-refractivity contribution is 0.198. The van der Waals surface area contributed by atoms with Crippen LogP contribution >= 0.6 is 0 Å². The van der Waals surface area contributed by atoms with Crippen LogP contribution < -0.4 is 9.47 Å². The maximum atomic E-state index is 8.80. The fraction of sp³-hybridized carbons (Fsp3) is 0.231. The molecule has 1 N–H and O–H groups in total. The van der Waals surface area contributed by atoms with E-state index in [1.807, 2.05) is 36.4 Å². The van der Waals surface area contributed by atoms with Gasteiger partial charge in [0.25, 0.3) is 0 Å². The summed E-state index contributed by atoms with van der Waals surface area (Å²) in [5.74, 6) is 1.38.